The predicted molar refractivity (Wildman–Crippen MR) is 154 cm³/mol. The van der Waals surface area contributed by atoms with Crippen molar-refractivity contribution in [1.29, 1.82) is 0 Å². The van der Waals surface area contributed by atoms with Crippen LogP contribution in [0.5, 0.6) is 5.75 Å². The van der Waals surface area contributed by atoms with E-state index in [-0.39, 0.29) is 64.9 Å². The highest BCUT2D eigenvalue weighted by atomic mass is 35.5. The van der Waals surface area contributed by atoms with Crippen molar-refractivity contribution in [3.63, 3.8) is 0 Å². The largest absolute Gasteiger partial charge is 0.483 e. The number of hydrogen-bond donors (Lipinski definition) is 1. The Balaban J connectivity index is 1.40. The number of sulfonamides is 1. The van der Waals surface area contributed by atoms with Gasteiger partial charge in [0, 0.05) is 51.0 Å². The molecule has 3 aromatic rings. The highest BCUT2D eigenvalue weighted by Gasteiger charge is 2.32. The summed E-state index contributed by atoms with van der Waals surface area (Å²) in [5.41, 5.74) is -0.175. The van der Waals surface area contributed by atoms with Crippen LogP contribution in [-0.4, -0.2) is 66.1 Å². The molecule has 1 saturated carbocycles. The standard InChI is InChI=1S/C27H27Cl2F2N5O5S/c1-16(37)33-24-5-4-22(14-23(24)29)42(39,40)35-8-6-34(7-9-35)25-15-32-36(20-12-18(30)11-19(31)13-20)27(38)26(25)41-21-3-2-17(28)10-21/h4-5,11-15,17,21H,2-3,6-10H2,1H3,(H,33,37)/t17-,21+/m1/s1. The second kappa shape index (κ2) is 12.2. The van der Waals surface area contributed by atoms with Crippen LogP contribution >= 0.6 is 23.2 Å². The Morgan fingerprint density at radius 2 is 1.76 bits per heavy atom. The van der Waals surface area contributed by atoms with Gasteiger partial charge in [0.25, 0.3) is 0 Å². The smallest absolute Gasteiger partial charge is 0.316 e. The summed E-state index contributed by atoms with van der Waals surface area (Å²) in [5.74, 6) is -2.13. The van der Waals surface area contributed by atoms with Crippen molar-refractivity contribution >= 4 is 50.5 Å². The molecule has 1 saturated heterocycles. The topological polar surface area (TPSA) is 114 Å². The summed E-state index contributed by atoms with van der Waals surface area (Å²) in [4.78, 5) is 26.7. The van der Waals surface area contributed by atoms with Gasteiger partial charge in [0.2, 0.25) is 21.7 Å². The number of carbonyl (C=O) groups is 1. The van der Waals surface area contributed by atoms with Gasteiger partial charge in [-0.25, -0.2) is 17.2 Å². The molecule has 0 radical (unpaired) electrons. The molecule has 5 rings (SSSR count). The SMILES string of the molecule is CC(=O)Nc1ccc(S(=O)(=O)N2CCN(c3cnn(-c4cc(F)cc(F)c4)c(=O)c3O[C@H]3CC[C@@H](Cl)C3)CC2)cc1Cl. The van der Waals surface area contributed by atoms with Crippen LogP contribution in [0.1, 0.15) is 26.2 Å². The summed E-state index contributed by atoms with van der Waals surface area (Å²) in [6.45, 7) is 1.89. The van der Waals surface area contributed by atoms with Crippen molar-refractivity contribution in [2.45, 2.75) is 42.6 Å². The average Bonchev–Trinajstić information content (AvgIpc) is 3.34. The molecule has 2 heterocycles. The van der Waals surface area contributed by atoms with Crippen LogP contribution < -0.4 is 20.5 Å². The third-order valence-corrected chi connectivity index (χ3v) is 9.68. The van der Waals surface area contributed by atoms with Crippen LogP contribution in [0.4, 0.5) is 20.2 Å². The lowest BCUT2D eigenvalue weighted by molar-refractivity contribution is -0.114. The number of rotatable bonds is 7. The van der Waals surface area contributed by atoms with Crippen LogP contribution in [0.25, 0.3) is 5.69 Å². The van der Waals surface area contributed by atoms with Crippen molar-refractivity contribution in [3.8, 4) is 11.4 Å². The maximum Gasteiger partial charge on any atom is 0.316 e. The van der Waals surface area contributed by atoms with E-state index in [1.54, 1.807) is 4.90 Å². The number of anilines is 2. The van der Waals surface area contributed by atoms with E-state index in [0.29, 0.717) is 36.7 Å². The molecular formula is C27H27Cl2F2N5O5S. The Labute approximate surface area is 250 Å². The molecule has 1 amide bonds. The summed E-state index contributed by atoms with van der Waals surface area (Å²) in [5, 5.41) is 6.68. The minimum atomic E-state index is -3.92. The van der Waals surface area contributed by atoms with E-state index in [4.69, 9.17) is 27.9 Å². The Morgan fingerprint density at radius 1 is 1.07 bits per heavy atom. The second-order valence-electron chi connectivity index (χ2n) is 10.1. The molecule has 15 heteroatoms. The zero-order chi connectivity index (χ0) is 30.2. The summed E-state index contributed by atoms with van der Waals surface area (Å²) < 4.78 is 62.8. The second-order valence-corrected chi connectivity index (χ2v) is 13.0. The van der Waals surface area contributed by atoms with E-state index < -0.39 is 27.2 Å². The zero-order valence-corrected chi connectivity index (χ0v) is 24.7. The zero-order valence-electron chi connectivity index (χ0n) is 22.4. The number of aromatic nitrogens is 2. The number of carbonyl (C=O) groups excluding carboxylic acids is 1. The first-order valence-electron chi connectivity index (χ1n) is 13.1. The minimum Gasteiger partial charge on any atom is -0.483 e. The number of benzene rings is 2. The molecule has 0 spiro atoms. The van der Waals surface area contributed by atoms with Crippen LogP contribution in [0.15, 0.2) is 52.3 Å². The quantitative estimate of drug-likeness (QED) is 0.385. The predicted octanol–water partition coefficient (Wildman–Crippen LogP) is 4.17. The lowest BCUT2D eigenvalue weighted by Gasteiger charge is -2.36. The molecular weight excluding hydrogens is 615 g/mol. The highest BCUT2D eigenvalue weighted by molar-refractivity contribution is 7.89. The van der Waals surface area contributed by atoms with E-state index in [0.717, 1.165) is 16.8 Å². The van der Waals surface area contributed by atoms with Crippen LogP contribution in [0.2, 0.25) is 5.02 Å². The molecule has 224 valence electrons. The van der Waals surface area contributed by atoms with E-state index in [1.807, 2.05) is 0 Å². The summed E-state index contributed by atoms with van der Waals surface area (Å²) in [7, 11) is -3.92. The molecule has 0 bridgehead atoms. The molecule has 2 fully saturated rings. The third-order valence-electron chi connectivity index (χ3n) is 7.08. The van der Waals surface area contributed by atoms with Gasteiger partial charge in [-0.05, 0) is 43.2 Å². The number of amides is 1. The Kier molecular flexibility index (Phi) is 8.74. The molecule has 2 aliphatic rings. The fourth-order valence-electron chi connectivity index (χ4n) is 5.04. The average molecular weight is 643 g/mol. The molecule has 2 aromatic carbocycles. The third kappa shape index (κ3) is 6.38. The molecule has 10 nitrogen and oxygen atoms in total. The van der Waals surface area contributed by atoms with E-state index in [1.165, 1.54) is 35.6 Å². The summed E-state index contributed by atoms with van der Waals surface area (Å²) in [6.07, 6.45) is 2.89. The van der Waals surface area contributed by atoms with Gasteiger partial charge in [-0.15, -0.1) is 11.6 Å². The summed E-state index contributed by atoms with van der Waals surface area (Å²) in [6, 6.07) is 6.75. The van der Waals surface area contributed by atoms with Crippen molar-refractivity contribution < 1.29 is 26.7 Å². The first kappa shape index (κ1) is 30.2. The summed E-state index contributed by atoms with van der Waals surface area (Å²) >= 11 is 12.5. The Hall–Kier alpha value is -3.26. The van der Waals surface area contributed by atoms with Crippen LogP contribution in [-0.2, 0) is 14.8 Å². The van der Waals surface area contributed by atoms with Crippen molar-refractivity contribution in [2.24, 2.45) is 0 Å². The molecule has 2 atom stereocenters. The molecule has 42 heavy (non-hydrogen) atoms. The molecule has 1 aromatic heterocycles. The number of halogens is 4. The Morgan fingerprint density at radius 3 is 2.36 bits per heavy atom. The number of alkyl halides is 1. The van der Waals surface area contributed by atoms with Crippen molar-refractivity contribution in [1.82, 2.24) is 14.1 Å². The van der Waals surface area contributed by atoms with Gasteiger partial charge in [0.15, 0.2) is 0 Å². The molecule has 1 aliphatic carbocycles. The van der Waals surface area contributed by atoms with Gasteiger partial charge in [0.1, 0.15) is 23.4 Å². The number of nitrogens with one attached hydrogen (secondary N) is 1. The van der Waals surface area contributed by atoms with Crippen molar-refractivity contribution in [3.05, 3.63) is 69.6 Å². The van der Waals surface area contributed by atoms with Gasteiger partial charge in [-0.1, -0.05) is 11.6 Å². The van der Waals surface area contributed by atoms with Gasteiger partial charge in [0.05, 0.1) is 27.5 Å². The number of nitrogens with zero attached hydrogens (tertiary/aromatic N) is 4. The first-order chi connectivity index (χ1) is 19.9. The minimum absolute atomic E-state index is 0.0254. The van der Waals surface area contributed by atoms with Gasteiger partial charge >= 0.3 is 5.56 Å². The van der Waals surface area contributed by atoms with Gasteiger partial charge in [-0.3, -0.25) is 9.59 Å². The number of piperazine rings is 1. The Bertz CT molecular complexity index is 1660. The lowest BCUT2D eigenvalue weighted by Crippen LogP contribution is -2.49. The highest BCUT2D eigenvalue weighted by Crippen LogP contribution is 2.33. The van der Waals surface area contributed by atoms with Gasteiger partial charge < -0.3 is 15.0 Å². The molecule has 0 unspecified atom stereocenters. The number of ether oxygens (including phenoxy) is 1. The lowest BCUT2D eigenvalue weighted by atomic mass is 10.2. The van der Waals surface area contributed by atoms with Crippen LogP contribution in [0, 0.1) is 11.6 Å². The van der Waals surface area contributed by atoms with E-state index in [2.05, 4.69) is 10.4 Å². The molecule has 1 N–H and O–H groups in total. The van der Waals surface area contributed by atoms with Gasteiger partial charge in [-0.2, -0.15) is 14.1 Å². The maximum atomic E-state index is 13.9. The van der Waals surface area contributed by atoms with Crippen molar-refractivity contribution in [2.75, 3.05) is 36.4 Å². The van der Waals surface area contributed by atoms with Crippen LogP contribution in [0.3, 0.4) is 0 Å². The monoisotopic (exact) mass is 641 g/mol. The number of hydrogen-bond acceptors (Lipinski definition) is 7. The molecule has 1 aliphatic heterocycles. The van der Waals surface area contributed by atoms with E-state index >= 15 is 0 Å². The normalized spacial score (nSPS) is 19.6. The first-order valence-corrected chi connectivity index (χ1v) is 15.4. The maximum absolute atomic E-state index is 13.9. The van der Waals surface area contributed by atoms with E-state index in [9.17, 15) is 26.8 Å². The fraction of sp³-hybridized carbons (Fsp3) is 0.370. The fourth-order valence-corrected chi connectivity index (χ4v) is 7.10.